The minimum atomic E-state index is -0.838. The lowest BCUT2D eigenvalue weighted by Crippen LogP contribution is -2.43. The molecule has 2 atom stereocenters. The summed E-state index contributed by atoms with van der Waals surface area (Å²) < 4.78 is 28.8. The number of methoxy groups -OCH3 is 2. The van der Waals surface area contributed by atoms with Crippen LogP contribution in [0.3, 0.4) is 0 Å². The minimum absolute atomic E-state index is 0.0213. The molecule has 2 unspecified atom stereocenters. The monoisotopic (exact) mass is 400 g/mol. The number of rotatable bonds is 2. The molecule has 2 aliphatic heterocycles. The van der Waals surface area contributed by atoms with E-state index in [-0.39, 0.29) is 44.9 Å². The predicted octanol–water partition coefficient (Wildman–Crippen LogP) is 3.72. The summed E-state index contributed by atoms with van der Waals surface area (Å²) >= 11 is 0. The summed E-state index contributed by atoms with van der Waals surface area (Å²) in [5.74, 6) is -0.789. The molecule has 0 saturated carbocycles. The average molecular weight is 400 g/mol. The van der Waals surface area contributed by atoms with Crippen molar-refractivity contribution in [3.8, 4) is 28.7 Å². The highest BCUT2D eigenvalue weighted by Gasteiger charge is 2.45. The van der Waals surface area contributed by atoms with Crippen LogP contribution in [0.25, 0.3) is 21.9 Å². The molecule has 0 radical (unpaired) electrons. The number of hydrogen-bond acceptors (Lipinski definition) is 8. The molecule has 2 N–H and O–H groups in total. The van der Waals surface area contributed by atoms with Crippen LogP contribution in [0.4, 0.5) is 0 Å². The van der Waals surface area contributed by atoms with E-state index in [1.807, 2.05) is 6.92 Å². The molecule has 8 heteroatoms. The van der Waals surface area contributed by atoms with E-state index in [1.165, 1.54) is 26.4 Å². The molecule has 5 rings (SSSR count). The van der Waals surface area contributed by atoms with E-state index in [1.54, 1.807) is 0 Å². The van der Waals surface area contributed by atoms with Gasteiger partial charge in [-0.3, -0.25) is 4.79 Å². The van der Waals surface area contributed by atoms with E-state index in [2.05, 4.69) is 0 Å². The van der Waals surface area contributed by atoms with E-state index in [0.29, 0.717) is 24.2 Å². The Hall–Kier alpha value is -3.13. The highest BCUT2D eigenvalue weighted by molar-refractivity contribution is 6.01. The molecule has 3 heterocycles. The third-order valence-corrected chi connectivity index (χ3v) is 5.68. The van der Waals surface area contributed by atoms with Crippen LogP contribution in [0.5, 0.6) is 28.7 Å². The number of benzene rings is 2. The Morgan fingerprint density at radius 3 is 2.62 bits per heavy atom. The second kappa shape index (κ2) is 5.93. The second-order valence-electron chi connectivity index (χ2n) is 7.49. The Morgan fingerprint density at radius 2 is 1.90 bits per heavy atom. The van der Waals surface area contributed by atoms with E-state index in [4.69, 9.17) is 23.4 Å². The van der Waals surface area contributed by atoms with Gasteiger partial charge in [0.25, 0.3) is 0 Å². The third kappa shape index (κ3) is 2.32. The third-order valence-electron chi connectivity index (χ3n) is 5.68. The molecule has 1 aromatic heterocycles. The number of phenols is 2. The van der Waals surface area contributed by atoms with Gasteiger partial charge in [0.2, 0.25) is 17.0 Å². The molecule has 3 aromatic rings. The summed E-state index contributed by atoms with van der Waals surface area (Å²) in [5, 5.41) is 21.1. The van der Waals surface area contributed by atoms with Crippen LogP contribution in [0.1, 0.15) is 37.9 Å². The number of ether oxygens (including phenoxy) is 4. The first kappa shape index (κ1) is 17.9. The summed E-state index contributed by atoms with van der Waals surface area (Å²) in [7, 11) is 2.79. The molecular weight excluding hydrogens is 380 g/mol. The second-order valence-corrected chi connectivity index (χ2v) is 7.49. The number of aromatic hydroxyl groups is 2. The molecule has 2 bridgehead atoms. The van der Waals surface area contributed by atoms with E-state index < -0.39 is 17.3 Å². The van der Waals surface area contributed by atoms with Gasteiger partial charge in [0.05, 0.1) is 25.9 Å². The molecular formula is C21H20O8. The zero-order valence-electron chi connectivity index (χ0n) is 16.2. The number of hydrogen-bond donors (Lipinski definition) is 2. The fraction of sp³-hybridized carbons (Fsp3) is 0.381. The normalized spacial score (nSPS) is 22.9. The quantitative estimate of drug-likeness (QED) is 0.627. The average Bonchev–Trinajstić information content (AvgIpc) is 2.68. The van der Waals surface area contributed by atoms with Gasteiger partial charge < -0.3 is 33.6 Å². The summed E-state index contributed by atoms with van der Waals surface area (Å²) in [6.45, 7) is 1.84. The van der Waals surface area contributed by atoms with Gasteiger partial charge in [-0.15, -0.1) is 0 Å². The van der Waals surface area contributed by atoms with E-state index in [9.17, 15) is 15.0 Å². The van der Waals surface area contributed by atoms with Crippen molar-refractivity contribution in [2.75, 3.05) is 14.2 Å². The summed E-state index contributed by atoms with van der Waals surface area (Å²) in [5.41, 5.74) is 0.0832. The van der Waals surface area contributed by atoms with E-state index in [0.717, 1.165) is 6.42 Å². The molecule has 1 fully saturated rings. The molecule has 0 amide bonds. The number of fused-ring (bicyclic) bond motifs is 6. The van der Waals surface area contributed by atoms with Crippen molar-refractivity contribution in [2.45, 2.75) is 38.1 Å². The lowest BCUT2D eigenvalue weighted by molar-refractivity contribution is -0.243. The molecule has 29 heavy (non-hydrogen) atoms. The van der Waals surface area contributed by atoms with Gasteiger partial charge >= 0.3 is 0 Å². The minimum Gasteiger partial charge on any atom is -0.506 e. The first-order chi connectivity index (χ1) is 13.9. The van der Waals surface area contributed by atoms with Crippen molar-refractivity contribution >= 4 is 21.9 Å². The van der Waals surface area contributed by atoms with Gasteiger partial charge in [0.1, 0.15) is 22.1 Å². The molecule has 2 aromatic carbocycles. The summed E-state index contributed by atoms with van der Waals surface area (Å²) in [6.07, 6.45) is 1.80. The van der Waals surface area contributed by atoms with Crippen LogP contribution in [0.15, 0.2) is 21.3 Å². The largest absolute Gasteiger partial charge is 0.506 e. The maximum absolute atomic E-state index is 13.4. The fourth-order valence-corrected chi connectivity index (χ4v) is 4.40. The Morgan fingerprint density at radius 1 is 1.14 bits per heavy atom. The van der Waals surface area contributed by atoms with Crippen molar-refractivity contribution in [1.29, 1.82) is 0 Å². The Balaban J connectivity index is 1.96. The van der Waals surface area contributed by atoms with Crippen molar-refractivity contribution in [3.05, 3.63) is 27.9 Å². The van der Waals surface area contributed by atoms with Gasteiger partial charge in [-0.1, -0.05) is 0 Å². The van der Waals surface area contributed by atoms with Gasteiger partial charge in [0.15, 0.2) is 22.8 Å². The van der Waals surface area contributed by atoms with Gasteiger partial charge in [-0.25, -0.2) is 0 Å². The van der Waals surface area contributed by atoms with E-state index >= 15 is 0 Å². The zero-order chi connectivity index (χ0) is 20.5. The van der Waals surface area contributed by atoms with Crippen molar-refractivity contribution < 1.29 is 33.6 Å². The summed E-state index contributed by atoms with van der Waals surface area (Å²) in [6, 6.07) is 2.83. The highest BCUT2D eigenvalue weighted by Crippen LogP contribution is 2.56. The van der Waals surface area contributed by atoms with Crippen molar-refractivity contribution in [1.82, 2.24) is 0 Å². The Bertz CT molecular complexity index is 1230. The van der Waals surface area contributed by atoms with Gasteiger partial charge in [-0.2, -0.15) is 0 Å². The Labute approximate surface area is 165 Å². The molecule has 8 nitrogen and oxygen atoms in total. The maximum atomic E-state index is 13.4. The SMILES string of the molecule is COc1c2c(c(O)c3c(=O)c4c(OC)c(O)ccc4oc13)C1CCCC(C)(O2)O1. The lowest BCUT2D eigenvalue weighted by Gasteiger charge is -2.44. The first-order valence-corrected chi connectivity index (χ1v) is 9.34. The molecule has 0 spiro atoms. The van der Waals surface area contributed by atoms with Crippen molar-refractivity contribution in [3.63, 3.8) is 0 Å². The first-order valence-electron chi connectivity index (χ1n) is 9.34. The fourth-order valence-electron chi connectivity index (χ4n) is 4.40. The molecule has 2 aliphatic rings. The number of phenolic OH excluding ortho intramolecular Hbond substituents is 2. The van der Waals surface area contributed by atoms with Gasteiger partial charge in [-0.05, 0) is 25.0 Å². The highest BCUT2D eigenvalue weighted by atomic mass is 16.7. The topological polar surface area (TPSA) is 108 Å². The van der Waals surface area contributed by atoms with Crippen LogP contribution < -0.4 is 19.6 Å². The summed E-state index contributed by atoms with van der Waals surface area (Å²) in [4.78, 5) is 13.4. The zero-order valence-corrected chi connectivity index (χ0v) is 16.2. The van der Waals surface area contributed by atoms with Crippen LogP contribution in [-0.4, -0.2) is 30.2 Å². The molecule has 152 valence electrons. The standard InChI is InChI=1S/C21H20O8/c1-21-8-4-5-11(28-21)13-16(24)14-15(23)12-10(7-6-9(22)17(12)25-2)27-18(14)20(26-3)19(13)29-21/h6-7,11,22,24H,4-5,8H2,1-3H3. The van der Waals surface area contributed by atoms with Crippen LogP contribution in [0, 0.1) is 0 Å². The van der Waals surface area contributed by atoms with Crippen LogP contribution >= 0.6 is 0 Å². The smallest absolute Gasteiger partial charge is 0.208 e. The lowest BCUT2D eigenvalue weighted by atomic mass is 9.91. The van der Waals surface area contributed by atoms with Gasteiger partial charge in [0, 0.05) is 13.3 Å². The maximum Gasteiger partial charge on any atom is 0.208 e. The van der Waals surface area contributed by atoms with Crippen LogP contribution in [-0.2, 0) is 4.74 Å². The predicted molar refractivity (Wildman–Crippen MR) is 103 cm³/mol. The Kier molecular flexibility index (Phi) is 3.67. The van der Waals surface area contributed by atoms with Crippen LogP contribution in [0.2, 0.25) is 0 Å². The van der Waals surface area contributed by atoms with Crippen molar-refractivity contribution in [2.24, 2.45) is 0 Å². The molecule has 1 saturated heterocycles. The molecule has 0 aliphatic carbocycles.